The van der Waals surface area contributed by atoms with Crippen molar-refractivity contribution < 1.29 is 14.6 Å². The van der Waals surface area contributed by atoms with Crippen LogP contribution in [0.5, 0.6) is 0 Å². The zero-order valence-electron chi connectivity index (χ0n) is 10.4. The lowest BCUT2D eigenvalue weighted by molar-refractivity contribution is -0.182. The van der Waals surface area contributed by atoms with Crippen LogP contribution < -0.4 is 5.32 Å². The Hall–Kier alpha value is -1.23. The minimum absolute atomic E-state index is 0.395. The number of aldehydes is 1. The molecule has 0 saturated carbocycles. The van der Waals surface area contributed by atoms with Crippen LogP contribution in [0.2, 0.25) is 0 Å². The summed E-state index contributed by atoms with van der Waals surface area (Å²) < 4.78 is 5.29. The van der Waals surface area contributed by atoms with Crippen molar-refractivity contribution in [2.75, 3.05) is 0 Å². The molecular formula is C13H19NO3. The van der Waals surface area contributed by atoms with Gasteiger partial charge in [0.25, 0.3) is 0 Å². The van der Waals surface area contributed by atoms with Crippen LogP contribution in [0.4, 0.5) is 0 Å². The summed E-state index contributed by atoms with van der Waals surface area (Å²) in [4.78, 5) is 10.5. The largest absolute Gasteiger partial charge is 0.356 e. The summed E-state index contributed by atoms with van der Waals surface area (Å²) in [5.41, 5.74) is 1.22. The molecule has 0 aliphatic carbocycles. The van der Waals surface area contributed by atoms with Crippen molar-refractivity contribution >= 4 is 6.29 Å². The number of benzene rings is 1. The Morgan fingerprint density at radius 3 is 2.41 bits per heavy atom. The number of carbonyl (C=O) groups is 1. The Morgan fingerprint density at radius 2 is 1.94 bits per heavy atom. The Kier molecular flexibility index (Phi) is 4.81. The number of carbonyl (C=O) groups excluding carboxylic acids is 1. The molecule has 94 valence electrons. The summed E-state index contributed by atoms with van der Waals surface area (Å²) in [5, 5.41) is 12.4. The van der Waals surface area contributed by atoms with Crippen LogP contribution in [0.25, 0.3) is 0 Å². The lowest BCUT2D eigenvalue weighted by Gasteiger charge is -2.24. The molecule has 0 heterocycles. The number of nitrogens with one attached hydrogen (secondary N) is 1. The first-order valence-corrected chi connectivity index (χ1v) is 5.54. The van der Waals surface area contributed by atoms with Crippen molar-refractivity contribution in [3.63, 3.8) is 0 Å². The van der Waals surface area contributed by atoms with Crippen molar-refractivity contribution in [1.82, 2.24) is 5.32 Å². The quantitative estimate of drug-likeness (QED) is 0.604. The molecule has 1 aromatic rings. The van der Waals surface area contributed by atoms with E-state index in [9.17, 15) is 9.90 Å². The Bertz CT molecular complexity index is 354. The molecule has 0 radical (unpaired) electrons. The molecule has 0 amide bonds. The highest BCUT2D eigenvalue weighted by Gasteiger charge is 2.15. The predicted octanol–water partition coefficient (Wildman–Crippen LogP) is 1.68. The fraction of sp³-hybridized carbons (Fsp3) is 0.462. The van der Waals surface area contributed by atoms with Gasteiger partial charge in [0.05, 0.1) is 5.60 Å². The van der Waals surface area contributed by atoms with Gasteiger partial charge in [-0.1, -0.05) is 24.3 Å². The van der Waals surface area contributed by atoms with E-state index in [1.165, 1.54) is 0 Å². The zero-order valence-corrected chi connectivity index (χ0v) is 10.4. The second kappa shape index (κ2) is 5.91. The maximum absolute atomic E-state index is 10.5. The molecule has 4 heteroatoms. The first-order chi connectivity index (χ1) is 7.90. The number of aliphatic hydroxyl groups is 1. The third kappa shape index (κ3) is 5.58. The average molecular weight is 237 g/mol. The van der Waals surface area contributed by atoms with E-state index in [0.29, 0.717) is 12.1 Å². The van der Waals surface area contributed by atoms with Crippen molar-refractivity contribution in [1.29, 1.82) is 0 Å². The minimum atomic E-state index is -0.999. The predicted molar refractivity (Wildman–Crippen MR) is 65.5 cm³/mol. The molecule has 1 atom stereocenters. The average Bonchev–Trinajstić information content (AvgIpc) is 2.25. The van der Waals surface area contributed by atoms with Gasteiger partial charge in [0.2, 0.25) is 6.41 Å². The highest BCUT2D eigenvalue weighted by molar-refractivity contribution is 5.74. The van der Waals surface area contributed by atoms with Crippen molar-refractivity contribution in [2.24, 2.45) is 0 Å². The SMILES string of the molecule is CC(C)(C)OC(O)NCc1ccc(C=O)cc1. The minimum Gasteiger partial charge on any atom is -0.356 e. The van der Waals surface area contributed by atoms with E-state index in [1.54, 1.807) is 12.1 Å². The third-order valence-corrected chi connectivity index (χ3v) is 2.06. The van der Waals surface area contributed by atoms with Crippen molar-refractivity contribution in [2.45, 2.75) is 39.3 Å². The monoisotopic (exact) mass is 237 g/mol. The fourth-order valence-electron chi connectivity index (χ4n) is 1.30. The number of aliphatic hydroxyl groups excluding tert-OH is 1. The molecule has 2 N–H and O–H groups in total. The summed E-state index contributed by atoms with van der Waals surface area (Å²) >= 11 is 0. The molecule has 1 unspecified atom stereocenters. The van der Waals surface area contributed by atoms with Crippen LogP contribution in [0.1, 0.15) is 36.7 Å². The summed E-state index contributed by atoms with van der Waals surface area (Å²) in [7, 11) is 0. The van der Waals surface area contributed by atoms with Crippen LogP contribution in [-0.4, -0.2) is 23.4 Å². The van der Waals surface area contributed by atoms with Crippen molar-refractivity contribution in [3.05, 3.63) is 35.4 Å². The summed E-state index contributed by atoms with van der Waals surface area (Å²) in [6, 6.07) is 7.14. The number of rotatable bonds is 5. The Balaban J connectivity index is 2.41. The van der Waals surface area contributed by atoms with Crippen LogP contribution in [0.3, 0.4) is 0 Å². The van der Waals surface area contributed by atoms with E-state index < -0.39 is 12.0 Å². The second-order valence-electron chi connectivity index (χ2n) is 4.82. The van der Waals surface area contributed by atoms with Gasteiger partial charge in [-0.15, -0.1) is 0 Å². The van der Waals surface area contributed by atoms with Crippen LogP contribution in [0.15, 0.2) is 24.3 Å². The van der Waals surface area contributed by atoms with E-state index in [2.05, 4.69) is 5.32 Å². The molecule has 0 saturated heterocycles. The maximum atomic E-state index is 10.5. The fourth-order valence-corrected chi connectivity index (χ4v) is 1.30. The van der Waals surface area contributed by atoms with Gasteiger partial charge >= 0.3 is 0 Å². The van der Waals surface area contributed by atoms with Gasteiger partial charge in [-0.25, -0.2) is 0 Å². The molecule has 0 bridgehead atoms. The van der Waals surface area contributed by atoms with Gasteiger partial charge in [0.1, 0.15) is 6.29 Å². The van der Waals surface area contributed by atoms with Crippen LogP contribution >= 0.6 is 0 Å². The highest BCUT2D eigenvalue weighted by atomic mass is 16.6. The molecule has 0 aliphatic rings. The van der Waals surface area contributed by atoms with Gasteiger partial charge in [0.15, 0.2) is 0 Å². The first-order valence-electron chi connectivity index (χ1n) is 5.54. The van der Waals surface area contributed by atoms with Crippen LogP contribution in [-0.2, 0) is 11.3 Å². The lowest BCUT2D eigenvalue weighted by atomic mass is 10.1. The summed E-state index contributed by atoms with van der Waals surface area (Å²) in [5.74, 6) is 0. The van der Waals surface area contributed by atoms with Gasteiger partial charge in [-0.2, -0.15) is 0 Å². The number of ether oxygens (including phenoxy) is 1. The normalized spacial score (nSPS) is 13.4. The van der Waals surface area contributed by atoms with Crippen molar-refractivity contribution in [3.8, 4) is 0 Å². The van der Waals surface area contributed by atoms with Gasteiger partial charge in [-0.3, -0.25) is 10.1 Å². The van der Waals surface area contributed by atoms with Gasteiger partial charge < -0.3 is 9.84 Å². The smallest absolute Gasteiger partial charge is 0.214 e. The molecule has 0 fully saturated rings. The molecule has 17 heavy (non-hydrogen) atoms. The number of hydrogen-bond donors (Lipinski definition) is 2. The molecule has 0 spiro atoms. The maximum Gasteiger partial charge on any atom is 0.214 e. The Labute approximate surface area is 102 Å². The molecule has 4 nitrogen and oxygen atoms in total. The summed E-state index contributed by atoms with van der Waals surface area (Å²) in [6.45, 7) is 6.10. The van der Waals surface area contributed by atoms with E-state index >= 15 is 0 Å². The van der Waals surface area contributed by atoms with Gasteiger partial charge in [-0.05, 0) is 26.3 Å². The Morgan fingerprint density at radius 1 is 1.35 bits per heavy atom. The van der Waals surface area contributed by atoms with E-state index in [4.69, 9.17) is 4.74 Å². The zero-order chi connectivity index (χ0) is 12.9. The standard InChI is InChI=1S/C13H19NO3/c1-13(2,3)17-12(16)14-8-10-4-6-11(9-15)7-5-10/h4-7,9,12,14,16H,8H2,1-3H3. The second-order valence-corrected chi connectivity index (χ2v) is 4.82. The molecule has 1 rings (SSSR count). The first kappa shape index (κ1) is 13.8. The molecule has 0 aliphatic heterocycles. The van der Waals surface area contributed by atoms with E-state index in [1.807, 2.05) is 32.9 Å². The number of hydrogen-bond acceptors (Lipinski definition) is 4. The topological polar surface area (TPSA) is 58.6 Å². The lowest BCUT2D eigenvalue weighted by Crippen LogP contribution is -2.37. The molecular weight excluding hydrogens is 218 g/mol. The molecule has 0 aromatic heterocycles. The highest BCUT2D eigenvalue weighted by Crippen LogP contribution is 2.09. The van der Waals surface area contributed by atoms with Crippen LogP contribution in [0, 0.1) is 0 Å². The van der Waals surface area contributed by atoms with E-state index in [-0.39, 0.29) is 0 Å². The van der Waals surface area contributed by atoms with E-state index in [0.717, 1.165) is 11.8 Å². The third-order valence-electron chi connectivity index (χ3n) is 2.06. The summed E-state index contributed by atoms with van der Waals surface area (Å²) in [6.07, 6.45) is -0.199. The van der Waals surface area contributed by atoms with Gasteiger partial charge in [0, 0.05) is 12.1 Å². The molecule has 1 aromatic carbocycles.